The van der Waals surface area contributed by atoms with E-state index in [1.54, 1.807) is 6.33 Å². The van der Waals surface area contributed by atoms with Crippen molar-refractivity contribution in [2.75, 3.05) is 0 Å². The van der Waals surface area contributed by atoms with E-state index < -0.39 is 0 Å². The van der Waals surface area contributed by atoms with Crippen molar-refractivity contribution < 1.29 is 25.8 Å². The molecule has 0 amide bonds. The molecule has 7 heteroatoms. The van der Waals surface area contributed by atoms with Crippen LogP contribution >= 0.6 is 0 Å². The van der Waals surface area contributed by atoms with E-state index in [-0.39, 0.29) is 26.5 Å². The van der Waals surface area contributed by atoms with Gasteiger partial charge in [-0.05, 0) is 46.0 Å². The maximum atomic E-state index is 6.39. The molecule has 8 rings (SSSR count). The second-order valence-corrected chi connectivity index (χ2v) is 11.3. The Morgan fingerprint density at radius 3 is 2.21 bits per heavy atom. The van der Waals surface area contributed by atoms with Crippen LogP contribution in [0.3, 0.4) is 0 Å². The average molecular weight is 727 g/mol. The van der Waals surface area contributed by atoms with Crippen LogP contribution in [0.4, 0.5) is 0 Å². The molecule has 4 aromatic heterocycles. The van der Waals surface area contributed by atoms with Gasteiger partial charge in [0.05, 0.1) is 5.65 Å². The Morgan fingerprint density at radius 2 is 1.43 bits per heavy atom. The Labute approximate surface area is 256 Å². The molecule has 0 unspecified atom stereocenters. The first-order valence-corrected chi connectivity index (χ1v) is 13.6. The molecule has 0 N–H and O–H groups in total. The monoisotopic (exact) mass is 726 g/mol. The quantitative estimate of drug-likeness (QED) is 0.136. The van der Waals surface area contributed by atoms with Crippen LogP contribution in [0.5, 0.6) is 11.5 Å². The summed E-state index contributed by atoms with van der Waals surface area (Å²) in [6.45, 7) is 6.64. The molecular weight excluding hydrogens is 701 g/mol. The molecule has 0 saturated heterocycles. The van der Waals surface area contributed by atoms with Gasteiger partial charge in [0.1, 0.15) is 12.1 Å². The van der Waals surface area contributed by atoms with Crippen molar-refractivity contribution in [1.29, 1.82) is 0 Å². The molecule has 0 spiro atoms. The molecule has 0 saturated carbocycles. The molecule has 0 fully saturated rings. The van der Waals surface area contributed by atoms with Crippen molar-refractivity contribution in [2.24, 2.45) is 0 Å². The fourth-order valence-electron chi connectivity index (χ4n) is 5.73. The van der Waals surface area contributed by atoms with E-state index in [4.69, 9.17) is 9.72 Å². The summed E-state index contributed by atoms with van der Waals surface area (Å²) in [7, 11) is 0. The molecule has 0 aliphatic carbocycles. The summed E-state index contributed by atoms with van der Waals surface area (Å²) in [5, 5.41) is 13.8. The summed E-state index contributed by atoms with van der Waals surface area (Å²) >= 11 is 0. The van der Waals surface area contributed by atoms with Crippen molar-refractivity contribution in [3.63, 3.8) is 0 Å². The summed E-state index contributed by atoms with van der Waals surface area (Å²) in [6, 6.07) is 36.0. The van der Waals surface area contributed by atoms with Crippen LogP contribution in [0.1, 0.15) is 26.3 Å². The Morgan fingerprint density at radius 1 is 0.738 bits per heavy atom. The topological polar surface area (TPSA) is 57.2 Å². The number of fused-ring (bicyclic) bond motifs is 9. The minimum absolute atomic E-state index is 0. The van der Waals surface area contributed by atoms with Crippen molar-refractivity contribution in [2.45, 2.75) is 26.2 Å². The minimum atomic E-state index is 0. The smallest absolute Gasteiger partial charge is 0.503 e. The fraction of sp³-hybridized carbons (Fsp3) is 0.114. The zero-order chi connectivity index (χ0) is 27.7. The molecule has 0 aliphatic heterocycles. The second kappa shape index (κ2) is 9.78. The first-order chi connectivity index (χ1) is 20.0. The molecule has 6 nitrogen and oxygen atoms in total. The number of aromatic nitrogens is 5. The number of nitrogens with zero attached hydrogens (tertiary/aromatic N) is 5. The molecule has 0 bridgehead atoms. The predicted octanol–water partition coefficient (Wildman–Crippen LogP) is 8.22. The van der Waals surface area contributed by atoms with Crippen LogP contribution < -0.4 is 4.74 Å². The van der Waals surface area contributed by atoms with Crippen molar-refractivity contribution in [3.05, 3.63) is 115 Å². The van der Waals surface area contributed by atoms with E-state index in [9.17, 15) is 0 Å². The molecule has 0 aliphatic rings. The van der Waals surface area contributed by atoms with E-state index in [1.807, 2.05) is 34.9 Å². The number of benzene rings is 4. The molecule has 0 atom stereocenters. The number of hydrogen-bond acceptors (Lipinski definition) is 4. The zero-order valence-electron chi connectivity index (χ0n) is 23.2. The van der Waals surface area contributed by atoms with Gasteiger partial charge in [0.15, 0.2) is 0 Å². The average Bonchev–Trinajstić information content (AvgIpc) is 3.60. The Balaban J connectivity index is 0.00000288. The van der Waals surface area contributed by atoms with Crippen LogP contribution in [0.25, 0.3) is 54.9 Å². The van der Waals surface area contributed by atoms with Gasteiger partial charge in [-0.1, -0.05) is 79.5 Å². The third kappa shape index (κ3) is 4.09. The summed E-state index contributed by atoms with van der Waals surface area (Å²) < 4.78 is 10.6. The van der Waals surface area contributed by atoms with Gasteiger partial charge in [0, 0.05) is 28.7 Å². The fourth-order valence-corrected chi connectivity index (χ4v) is 5.73. The summed E-state index contributed by atoms with van der Waals surface area (Å²) in [5.74, 6) is 2.04. The van der Waals surface area contributed by atoms with Gasteiger partial charge in [0.2, 0.25) is 0 Å². The van der Waals surface area contributed by atoms with Crippen LogP contribution in [0.15, 0.2) is 97.5 Å². The number of rotatable bonds is 3. The molecular formula is C35H25N5OPt. The molecule has 42 heavy (non-hydrogen) atoms. The van der Waals surface area contributed by atoms with Gasteiger partial charge in [-0.25, -0.2) is 4.98 Å². The molecule has 4 aromatic carbocycles. The molecule has 4 heterocycles. The Bertz CT molecular complexity index is 2290. The molecule has 0 radical (unpaired) electrons. The van der Waals surface area contributed by atoms with E-state index in [0.29, 0.717) is 11.5 Å². The van der Waals surface area contributed by atoms with Crippen molar-refractivity contribution in [3.8, 4) is 17.3 Å². The predicted molar refractivity (Wildman–Crippen MR) is 163 cm³/mol. The maximum absolute atomic E-state index is 6.39. The van der Waals surface area contributed by atoms with Gasteiger partial charge in [-0.15, -0.1) is 34.8 Å². The summed E-state index contributed by atoms with van der Waals surface area (Å²) in [5.41, 5.74) is 5.01. The van der Waals surface area contributed by atoms with Gasteiger partial charge < -0.3 is 13.7 Å². The van der Waals surface area contributed by atoms with Gasteiger partial charge in [0.25, 0.3) is 0 Å². The van der Waals surface area contributed by atoms with Gasteiger partial charge in [-0.2, -0.15) is 11.2 Å². The second-order valence-electron chi connectivity index (χ2n) is 11.3. The SMILES string of the molecule is CC(C)(C)c1ccnc(-n2c3[c-]c(Oc4[c-]c5c(cc4)c4ccccc4n4cnnc54)ccc3c3ccccc32)c1.[Pt+2]. The minimum Gasteiger partial charge on any atom is -0.503 e. The van der Waals surface area contributed by atoms with Gasteiger partial charge in [-0.3, -0.25) is 0 Å². The van der Waals surface area contributed by atoms with Gasteiger partial charge >= 0.3 is 21.1 Å². The first-order valence-electron chi connectivity index (χ1n) is 13.6. The number of hydrogen-bond donors (Lipinski definition) is 0. The molecule has 206 valence electrons. The van der Waals surface area contributed by atoms with Crippen molar-refractivity contribution >= 4 is 49.1 Å². The number of para-hydroxylation sites is 2. The summed E-state index contributed by atoms with van der Waals surface area (Å²) in [4.78, 5) is 4.77. The third-order valence-electron chi connectivity index (χ3n) is 7.76. The van der Waals surface area contributed by atoms with Crippen molar-refractivity contribution in [1.82, 2.24) is 24.1 Å². The number of pyridine rings is 2. The Kier molecular flexibility index (Phi) is 6.14. The first kappa shape index (κ1) is 26.4. The normalized spacial score (nSPS) is 12.0. The maximum Gasteiger partial charge on any atom is 2.00 e. The van der Waals surface area contributed by atoms with E-state index >= 15 is 0 Å². The van der Waals surface area contributed by atoms with E-state index in [0.717, 1.165) is 54.9 Å². The number of ether oxygens (including phenoxy) is 1. The molecule has 8 aromatic rings. The zero-order valence-corrected chi connectivity index (χ0v) is 25.5. The van der Waals surface area contributed by atoms with E-state index in [1.165, 1.54) is 5.56 Å². The van der Waals surface area contributed by atoms with E-state index in [2.05, 4.69) is 108 Å². The van der Waals surface area contributed by atoms with Crippen LogP contribution in [0, 0.1) is 12.1 Å². The van der Waals surface area contributed by atoms with Crippen LogP contribution in [-0.2, 0) is 26.5 Å². The third-order valence-corrected chi connectivity index (χ3v) is 7.76. The van der Waals surface area contributed by atoms with Crippen LogP contribution in [-0.4, -0.2) is 24.1 Å². The van der Waals surface area contributed by atoms with Crippen LogP contribution in [0.2, 0.25) is 0 Å². The largest absolute Gasteiger partial charge is 2.00 e. The Hall–Kier alpha value is -4.54. The summed E-state index contributed by atoms with van der Waals surface area (Å²) in [6.07, 6.45) is 3.62. The standard InChI is InChI=1S/C35H25N5O.Pt/c1-35(2,3)22-16-17-36-33(18-22)40-31-11-7-5-9-27(31)28-15-13-24(20-32(28)40)41-23-12-14-25-26-8-4-6-10-30(26)39-21-37-38-34(39)29(25)19-23;/h4-18,21H,1-3H3;/q-2;+2.